The van der Waals surface area contributed by atoms with Gasteiger partial charge in [-0.1, -0.05) is 38.8 Å². The molecule has 3 amide bonds. The fourth-order valence-electron chi connectivity index (χ4n) is 4.58. The SMILES string of the molecule is C#Cc1ccc(C(C(=O)Nc2ccc(OC)cc2)N(C(=O)C(CC(C)C)NC(=O)OC(C)(C)C)C2CC2C)cc1. The summed E-state index contributed by atoms with van der Waals surface area (Å²) in [4.78, 5) is 42.7. The van der Waals surface area contributed by atoms with Crippen LogP contribution in [0.25, 0.3) is 0 Å². The molecule has 0 spiro atoms. The lowest BCUT2D eigenvalue weighted by Crippen LogP contribution is -2.53. The fourth-order valence-corrected chi connectivity index (χ4v) is 4.58. The molecule has 40 heavy (non-hydrogen) atoms. The Morgan fingerprint density at radius 2 is 1.68 bits per heavy atom. The van der Waals surface area contributed by atoms with Crippen LogP contribution in [0.4, 0.5) is 10.5 Å². The second-order valence-corrected chi connectivity index (χ2v) is 11.7. The van der Waals surface area contributed by atoms with Crippen molar-refractivity contribution < 1.29 is 23.9 Å². The number of ether oxygens (including phenoxy) is 2. The maximum absolute atomic E-state index is 14.3. The van der Waals surface area contributed by atoms with E-state index < -0.39 is 23.8 Å². The molecular formula is C32H41N3O5. The zero-order valence-electron chi connectivity index (χ0n) is 24.5. The summed E-state index contributed by atoms with van der Waals surface area (Å²) in [6, 6.07) is 12.1. The highest BCUT2D eigenvalue weighted by Gasteiger charge is 2.48. The smallest absolute Gasteiger partial charge is 0.408 e. The third-order valence-electron chi connectivity index (χ3n) is 6.65. The summed E-state index contributed by atoms with van der Waals surface area (Å²) in [6.45, 7) is 11.3. The average Bonchev–Trinajstić information content (AvgIpc) is 3.61. The van der Waals surface area contributed by atoms with Crippen molar-refractivity contribution in [3.05, 3.63) is 59.7 Å². The molecule has 1 aliphatic rings. The van der Waals surface area contributed by atoms with Gasteiger partial charge >= 0.3 is 6.09 Å². The van der Waals surface area contributed by atoms with E-state index in [2.05, 4.69) is 16.6 Å². The zero-order chi connectivity index (χ0) is 29.6. The van der Waals surface area contributed by atoms with E-state index in [-0.39, 0.29) is 29.7 Å². The first-order valence-electron chi connectivity index (χ1n) is 13.7. The lowest BCUT2D eigenvalue weighted by molar-refractivity contribution is -0.142. The van der Waals surface area contributed by atoms with Crippen LogP contribution in [0.15, 0.2) is 48.5 Å². The number of nitrogens with zero attached hydrogens (tertiary/aromatic N) is 1. The second-order valence-electron chi connectivity index (χ2n) is 11.7. The first kappa shape index (κ1) is 30.6. The van der Waals surface area contributed by atoms with Crippen molar-refractivity contribution in [3.8, 4) is 18.1 Å². The molecule has 2 aromatic carbocycles. The summed E-state index contributed by atoms with van der Waals surface area (Å²) in [5, 5.41) is 5.75. The number of rotatable bonds is 10. The molecule has 0 aliphatic heterocycles. The maximum atomic E-state index is 14.3. The number of hydrogen-bond acceptors (Lipinski definition) is 5. The van der Waals surface area contributed by atoms with Crippen molar-refractivity contribution in [1.82, 2.24) is 10.2 Å². The molecule has 0 bridgehead atoms. The van der Waals surface area contributed by atoms with Gasteiger partial charge in [0.1, 0.15) is 23.4 Å². The minimum atomic E-state index is -0.952. The Labute approximate surface area is 237 Å². The van der Waals surface area contributed by atoms with Gasteiger partial charge in [-0.15, -0.1) is 6.42 Å². The quantitative estimate of drug-likeness (QED) is 0.381. The van der Waals surface area contributed by atoms with Gasteiger partial charge in [-0.05, 0) is 87.4 Å². The Balaban J connectivity index is 2.02. The van der Waals surface area contributed by atoms with Crippen molar-refractivity contribution in [2.75, 3.05) is 12.4 Å². The molecule has 0 radical (unpaired) electrons. The van der Waals surface area contributed by atoms with Crippen LogP contribution in [-0.2, 0) is 14.3 Å². The van der Waals surface area contributed by atoms with Gasteiger partial charge in [0, 0.05) is 17.3 Å². The van der Waals surface area contributed by atoms with Crippen LogP contribution in [0.2, 0.25) is 0 Å². The monoisotopic (exact) mass is 547 g/mol. The molecule has 0 aromatic heterocycles. The molecule has 8 nitrogen and oxygen atoms in total. The molecule has 4 atom stereocenters. The van der Waals surface area contributed by atoms with Gasteiger partial charge in [0.05, 0.1) is 7.11 Å². The first-order chi connectivity index (χ1) is 18.8. The fraction of sp³-hybridized carbons (Fsp3) is 0.469. The highest BCUT2D eigenvalue weighted by Crippen LogP contribution is 2.41. The number of nitrogens with one attached hydrogen (secondary N) is 2. The van der Waals surface area contributed by atoms with Crippen molar-refractivity contribution in [3.63, 3.8) is 0 Å². The van der Waals surface area contributed by atoms with Gasteiger partial charge in [-0.25, -0.2) is 4.79 Å². The summed E-state index contributed by atoms with van der Waals surface area (Å²) >= 11 is 0. The first-order valence-corrected chi connectivity index (χ1v) is 13.7. The van der Waals surface area contributed by atoms with E-state index in [1.54, 1.807) is 81.3 Å². The van der Waals surface area contributed by atoms with E-state index in [1.807, 2.05) is 20.8 Å². The highest BCUT2D eigenvalue weighted by atomic mass is 16.6. The number of carbonyl (C=O) groups is 3. The van der Waals surface area contributed by atoms with Crippen LogP contribution < -0.4 is 15.4 Å². The number of terminal acetylenes is 1. The topological polar surface area (TPSA) is 97.0 Å². The van der Waals surface area contributed by atoms with E-state index in [1.165, 1.54) is 0 Å². The van der Waals surface area contributed by atoms with E-state index in [4.69, 9.17) is 15.9 Å². The van der Waals surface area contributed by atoms with Crippen molar-refractivity contribution in [1.29, 1.82) is 0 Å². The van der Waals surface area contributed by atoms with Gasteiger partial charge in [-0.2, -0.15) is 0 Å². The van der Waals surface area contributed by atoms with Gasteiger partial charge < -0.3 is 25.0 Å². The summed E-state index contributed by atoms with van der Waals surface area (Å²) in [5.74, 6) is 2.86. The normalized spacial score (nSPS) is 17.7. The minimum absolute atomic E-state index is 0.101. The predicted molar refractivity (Wildman–Crippen MR) is 156 cm³/mol. The van der Waals surface area contributed by atoms with E-state index in [9.17, 15) is 14.4 Å². The summed E-state index contributed by atoms with van der Waals surface area (Å²) in [5.41, 5.74) is 1.13. The maximum Gasteiger partial charge on any atom is 0.408 e. The van der Waals surface area contributed by atoms with Crippen LogP contribution in [-0.4, -0.2) is 47.6 Å². The molecule has 1 saturated carbocycles. The number of benzene rings is 2. The second kappa shape index (κ2) is 12.9. The Morgan fingerprint density at radius 1 is 1.07 bits per heavy atom. The molecule has 8 heteroatoms. The molecule has 0 saturated heterocycles. The summed E-state index contributed by atoms with van der Waals surface area (Å²) in [7, 11) is 1.57. The van der Waals surface area contributed by atoms with Crippen LogP contribution in [0, 0.1) is 24.2 Å². The Morgan fingerprint density at radius 3 is 2.15 bits per heavy atom. The number of anilines is 1. The molecule has 1 aliphatic carbocycles. The minimum Gasteiger partial charge on any atom is -0.497 e. The Hall–Kier alpha value is -3.99. The number of carbonyl (C=O) groups excluding carboxylic acids is 3. The van der Waals surface area contributed by atoms with Gasteiger partial charge in [-0.3, -0.25) is 9.59 Å². The molecule has 2 aromatic rings. The standard InChI is InChI=1S/C32H41N3O5/c1-9-22-10-12-23(13-11-22)28(29(36)33-24-14-16-25(39-8)17-15-24)35(27-19-21(27)4)30(37)26(18-20(2)3)34-31(38)40-32(5,6)7/h1,10-17,20-21,26-28H,18-19H2,2-8H3,(H,33,36)(H,34,38). The van der Waals surface area contributed by atoms with E-state index in [0.717, 1.165) is 6.42 Å². The zero-order valence-corrected chi connectivity index (χ0v) is 24.5. The lowest BCUT2D eigenvalue weighted by atomic mass is 9.98. The largest absolute Gasteiger partial charge is 0.497 e. The van der Waals surface area contributed by atoms with Gasteiger partial charge in [0.25, 0.3) is 5.91 Å². The summed E-state index contributed by atoms with van der Waals surface area (Å²) in [6.07, 6.45) is 6.03. The third kappa shape index (κ3) is 8.25. The Bertz CT molecular complexity index is 1230. The molecule has 2 N–H and O–H groups in total. The van der Waals surface area contributed by atoms with Gasteiger partial charge in [0.15, 0.2) is 0 Å². The van der Waals surface area contributed by atoms with E-state index >= 15 is 0 Å². The number of methoxy groups -OCH3 is 1. The highest BCUT2D eigenvalue weighted by molar-refractivity contribution is 5.99. The molecule has 214 valence electrons. The number of hydrogen-bond donors (Lipinski definition) is 2. The summed E-state index contributed by atoms with van der Waals surface area (Å²) < 4.78 is 10.7. The molecule has 3 rings (SSSR count). The molecule has 4 unspecified atom stereocenters. The van der Waals surface area contributed by atoms with Crippen molar-refractivity contribution in [2.45, 2.75) is 78.1 Å². The van der Waals surface area contributed by atoms with Crippen LogP contribution >= 0.6 is 0 Å². The predicted octanol–water partition coefficient (Wildman–Crippen LogP) is 5.53. The van der Waals surface area contributed by atoms with Crippen LogP contribution in [0.5, 0.6) is 5.75 Å². The van der Waals surface area contributed by atoms with Gasteiger partial charge in [0.2, 0.25) is 5.91 Å². The lowest BCUT2D eigenvalue weighted by Gasteiger charge is -2.35. The molecule has 1 fully saturated rings. The molecule has 0 heterocycles. The van der Waals surface area contributed by atoms with Crippen molar-refractivity contribution in [2.24, 2.45) is 11.8 Å². The average molecular weight is 548 g/mol. The van der Waals surface area contributed by atoms with E-state index in [0.29, 0.717) is 29.0 Å². The van der Waals surface area contributed by atoms with Crippen LogP contribution in [0.3, 0.4) is 0 Å². The van der Waals surface area contributed by atoms with Crippen LogP contribution in [0.1, 0.15) is 71.6 Å². The number of amides is 3. The number of alkyl carbamates (subject to hydrolysis) is 1. The molecular weight excluding hydrogens is 506 g/mol. The van der Waals surface area contributed by atoms with Crippen molar-refractivity contribution >= 4 is 23.6 Å². The third-order valence-corrected chi connectivity index (χ3v) is 6.65. The Kier molecular flexibility index (Phi) is 9.86.